The first kappa shape index (κ1) is 20.1. The van der Waals surface area contributed by atoms with E-state index in [-0.39, 0.29) is 17.8 Å². The van der Waals surface area contributed by atoms with Crippen molar-refractivity contribution in [2.75, 3.05) is 5.32 Å². The maximum Gasteiger partial charge on any atom is 0.437 e. The molecule has 0 atom stereocenters. The SMILES string of the molecule is Cc1c(-c2nn(C(C)C)c(=O)o2)nn(-c2ccccc2)c1OC(=O)Nc1ccccc1. The molecular formula is C22H21N5O4. The van der Waals surface area contributed by atoms with E-state index in [1.807, 2.05) is 50.2 Å². The van der Waals surface area contributed by atoms with Crippen molar-refractivity contribution in [3.63, 3.8) is 0 Å². The highest BCUT2D eigenvalue weighted by Gasteiger charge is 2.25. The molecule has 0 aliphatic heterocycles. The topological polar surface area (TPSA) is 104 Å². The Morgan fingerprint density at radius 2 is 1.68 bits per heavy atom. The second-order valence-electron chi connectivity index (χ2n) is 7.12. The van der Waals surface area contributed by atoms with Crippen LogP contribution in [0.15, 0.2) is 69.9 Å². The molecule has 1 amide bonds. The van der Waals surface area contributed by atoms with Crippen LogP contribution in [0, 0.1) is 6.92 Å². The third-order valence-corrected chi connectivity index (χ3v) is 4.54. The minimum Gasteiger partial charge on any atom is -0.391 e. The molecule has 0 bridgehead atoms. The summed E-state index contributed by atoms with van der Waals surface area (Å²) in [6.45, 7) is 5.37. The molecule has 9 heteroatoms. The number of amides is 1. The van der Waals surface area contributed by atoms with Crippen LogP contribution in [-0.2, 0) is 0 Å². The summed E-state index contributed by atoms with van der Waals surface area (Å²) in [5, 5.41) is 11.4. The molecule has 158 valence electrons. The number of rotatable bonds is 5. The smallest absolute Gasteiger partial charge is 0.391 e. The minimum atomic E-state index is -0.674. The van der Waals surface area contributed by atoms with Crippen LogP contribution in [0.4, 0.5) is 10.5 Å². The standard InChI is InChI=1S/C22H21N5O4/c1-14(2)26-22(29)30-19(25-26)18-15(3)20(27(24-18)17-12-8-5-9-13-17)31-21(28)23-16-10-6-4-7-11-16/h4-14H,1-3H3,(H,23,28). The van der Waals surface area contributed by atoms with Gasteiger partial charge in [0.15, 0.2) is 5.69 Å². The van der Waals surface area contributed by atoms with Gasteiger partial charge in [-0.25, -0.2) is 9.59 Å². The zero-order valence-electron chi connectivity index (χ0n) is 17.3. The number of ether oxygens (including phenoxy) is 1. The quantitative estimate of drug-likeness (QED) is 0.520. The molecule has 2 aromatic carbocycles. The molecule has 0 aliphatic carbocycles. The maximum absolute atomic E-state index is 12.5. The fourth-order valence-corrected chi connectivity index (χ4v) is 3.01. The van der Waals surface area contributed by atoms with E-state index in [1.165, 1.54) is 9.36 Å². The van der Waals surface area contributed by atoms with Crippen molar-refractivity contribution < 1.29 is 13.9 Å². The summed E-state index contributed by atoms with van der Waals surface area (Å²) in [7, 11) is 0. The van der Waals surface area contributed by atoms with Gasteiger partial charge in [-0.15, -0.1) is 5.10 Å². The summed E-state index contributed by atoms with van der Waals surface area (Å²) in [6, 6.07) is 18.0. The van der Waals surface area contributed by atoms with Crippen molar-refractivity contribution in [2.45, 2.75) is 26.8 Å². The molecule has 0 spiro atoms. The van der Waals surface area contributed by atoms with E-state index in [0.29, 0.717) is 22.6 Å². The highest BCUT2D eigenvalue weighted by Crippen LogP contribution is 2.31. The van der Waals surface area contributed by atoms with Crippen molar-refractivity contribution >= 4 is 11.8 Å². The lowest BCUT2D eigenvalue weighted by Crippen LogP contribution is -2.18. The van der Waals surface area contributed by atoms with Crippen LogP contribution in [0.1, 0.15) is 25.5 Å². The lowest BCUT2D eigenvalue weighted by atomic mass is 10.2. The van der Waals surface area contributed by atoms with Gasteiger partial charge in [0.25, 0.3) is 5.89 Å². The molecule has 4 rings (SSSR count). The first-order valence-corrected chi connectivity index (χ1v) is 9.73. The van der Waals surface area contributed by atoms with Crippen molar-refractivity contribution in [3.05, 3.63) is 76.8 Å². The van der Waals surface area contributed by atoms with Gasteiger partial charge < -0.3 is 9.15 Å². The Balaban J connectivity index is 1.75. The first-order chi connectivity index (χ1) is 14.9. The Hall–Kier alpha value is -4.14. The summed E-state index contributed by atoms with van der Waals surface area (Å²) >= 11 is 0. The molecule has 2 aromatic heterocycles. The predicted molar refractivity (Wildman–Crippen MR) is 115 cm³/mol. The lowest BCUT2D eigenvalue weighted by molar-refractivity contribution is 0.211. The second kappa shape index (κ2) is 8.31. The average molecular weight is 419 g/mol. The average Bonchev–Trinajstić information content (AvgIpc) is 3.30. The molecule has 0 unspecified atom stereocenters. The molecule has 0 saturated heterocycles. The van der Waals surface area contributed by atoms with Gasteiger partial charge in [-0.2, -0.15) is 14.5 Å². The number of nitrogens with zero attached hydrogens (tertiary/aromatic N) is 4. The second-order valence-corrected chi connectivity index (χ2v) is 7.12. The molecule has 0 aliphatic rings. The Bertz CT molecular complexity index is 1260. The Kier molecular flexibility index (Phi) is 5.40. The molecule has 9 nitrogen and oxygen atoms in total. The van der Waals surface area contributed by atoms with Crippen LogP contribution < -0.4 is 15.8 Å². The lowest BCUT2D eigenvalue weighted by Gasteiger charge is -2.09. The monoisotopic (exact) mass is 419 g/mol. The summed E-state index contributed by atoms with van der Waals surface area (Å²) in [6.07, 6.45) is -0.674. The van der Waals surface area contributed by atoms with E-state index in [9.17, 15) is 9.59 Å². The number of benzene rings is 2. The Morgan fingerprint density at radius 1 is 1.03 bits per heavy atom. The molecule has 4 aromatic rings. The molecule has 0 saturated carbocycles. The minimum absolute atomic E-state index is 0.0548. The van der Waals surface area contributed by atoms with E-state index >= 15 is 0 Å². The van der Waals surface area contributed by atoms with E-state index in [1.54, 1.807) is 31.2 Å². The molecule has 2 heterocycles. The Labute approximate surface area is 177 Å². The van der Waals surface area contributed by atoms with Gasteiger partial charge in [0.2, 0.25) is 5.88 Å². The predicted octanol–water partition coefficient (Wildman–Crippen LogP) is 4.19. The zero-order valence-corrected chi connectivity index (χ0v) is 17.3. The van der Waals surface area contributed by atoms with Gasteiger partial charge in [0.05, 0.1) is 11.7 Å². The summed E-state index contributed by atoms with van der Waals surface area (Å²) in [4.78, 5) is 24.7. The molecule has 0 fully saturated rings. The summed E-state index contributed by atoms with van der Waals surface area (Å²) < 4.78 is 13.6. The van der Waals surface area contributed by atoms with Gasteiger partial charge in [-0.1, -0.05) is 36.4 Å². The van der Waals surface area contributed by atoms with Gasteiger partial charge >= 0.3 is 11.8 Å². The van der Waals surface area contributed by atoms with Crippen LogP contribution in [0.25, 0.3) is 17.3 Å². The Morgan fingerprint density at radius 3 is 2.29 bits per heavy atom. The van der Waals surface area contributed by atoms with Gasteiger partial charge in [0, 0.05) is 11.3 Å². The summed E-state index contributed by atoms with van der Waals surface area (Å²) in [5.41, 5.74) is 2.08. The van der Waals surface area contributed by atoms with Crippen LogP contribution in [0.5, 0.6) is 5.88 Å². The van der Waals surface area contributed by atoms with Crippen LogP contribution in [0.3, 0.4) is 0 Å². The third-order valence-electron chi connectivity index (χ3n) is 4.54. The van der Waals surface area contributed by atoms with Crippen molar-refractivity contribution in [1.82, 2.24) is 19.6 Å². The highest BCUT2D eigenvalue weighted by atomic mass is 16.6. The van der Waals surface area contributed by atoms with E-state index in [4.69, 9.17) is 9.15 Å². The van der Waals surface area contributed by atoms with E-state index in [2.05, 4.69) is 15.5 Å². The van der Waals surface area contributed by atoms with Crippen LogP contribution >= 0.6 is 0 Å². The van der Waals surface area contributed by atoms with Gasteiger partial charge in [-0.3, -0.25) is 5.32 Å². The number of carbonyl (C=O) groups is 1. The number of para-hydroxylation sites is 2. The number of hydrogen-bond donors (Lipinski definition) is 1. The van der Waals surface area contributed by atoms with E-state index in [0.717, 1.165) is 0 Å². The van der Waals surface area contributed by atoms with Gasteiger partial charge in [-0.05, 0) is 45.0 Å². The normalized spacial score (nSPS) is 11.0. The molecule has 1 N–H and O–H groups in total. The number of hydrogen-bond acceptors (Lipinski definition) is 6. The van der Waals surface area contributed by atoms with Crippen LogP contribution in [0.2, 0.25) is 0 Å². The van der Waals surface area contributed by atoms with Gasteiger partial charge in [0.1, 0.15) is 0 Å². The molecular weight excluding hydrogens is 398 g/mol. The number of carbonyl (C=O) groups excluding carboxylic acids is 1. The number of aromatic nitrogens is 4. The first-order valence-electron chi connectivity index (χ1n) is 9.73. The molecule has 31 heavy (non-hydrogen) atoms. The van der Waals surface area contributed by atoms with Crippen molar-refractivity contribution in [2.24, 2.45) is 0 Å². The number of nitrogens with one attached hydrogen (secondary N) is 1. The molecule has 0 radical (unpaired) electrons. The largest absolute Gasteiger partial charge is 0.437 e. The fourth-order valence-electron chi connectivity index (χ4n) is 3.01. The van der Waals surface area contributed by atoms with E-state index < -0.39 is 11.8 Å². The fraction of sp³-hybridized carbons (Fsp3) is 0.182. The maximum atomic E-state index is 12.5. The zero-order chi connectivity index (χ0) is 22.0. The highest BCUT2D eigenvalue weighted by molar-refractivity contribution is 5.86. The van der Waals surface area contributed by atoms with Crippen molar-refractivity contribution in [1.29, 1.82) is 0 Å². The number of anilines is 1. The third kappa shape index (κ3) is 4.11. The van der Waals surface area contributed by atoms with Crippen LogP contribution in [-0.4, -0.2) is 25.7 Å². The summed E-state index contributed by atoms with van der Waals surface area (Å²) in [5.74, 6) is -0.335. The van der Waals surface area contributed by atoms with Crippen molar-refractivity contribution in [3.8, 4) is 23.2 Å².